The number of carbonyl (C=O) groups excluding carboxylic acids is 1. The Morgan fingerprint density at radius 3 is 3.13 bits per heavy atom. The normalized spacial score (nSPS) is 12.5. The zero-order valence-electron chi connectivity index (χ0n) is 8.69. The molecule has 1 aromatic rings. The van der Waals surface area contributed by atoms with Gasteiger partial charge in [-0.3, -0.25) is 4.79 Å². The van der Waals surface area contributed by atoms with Crippen LogP contribution in [-0.4, -0.2) is 35.9 Å². The van der Waals surface area contributed by atoms with E-state index in [9.17, 15) is 4.79 Å². The molecule has 0 aliphatic heterocycles. The Balaban J connectivity index is 2.50. The summed E-state index contributed by atoms with van der Waals surface area (Å²) in [6, 6.07) is 1.50. The number of nitrogens with one attached hydrogen (secondary N) is 1. The zero-order valence-corrected chi connectivity index (χ0v) is 8.69. The van der Waals surface area contributed by atoms with Crippen LogP contribution in [0.1, 0.15) is 23.2 Å². The van der Waals surface area contributed by atoms with Crippen LogP contribution in [-0.2, 0) is 11.3 Å². The number of hydrogen-bond donors (Lipinski definition) is 2. The van der Waals surface area contributed by atoms with Crippen LogP contribution in [0.2, 0.25) is 0 Å². The van der Waals surface area contributed by atoms with E-state index >= 15 is 0 Å². The van der Waals surface area contributed by atoms with Gasteiger partial charge in [-0.15, -0.1) is 0 Å². The van der Waals surface area contributed by atoms with Crippen LogP contribution in [0.4, 0.5) is 0 Å². The average molecular weight is 214 g/mol. The van der Waals surface area contributed by atoms with E-state index in [0.29, 0.717) is 5.76 Å². The fourth-order valence-corrected chi connectivity index (χ4v) is 0.961. The van der Waals surface area contributed by atoms with Crippen molar-refractivity contribution in [2.45, 2.75) is 19.6 Å². The topological polar surface area (TPSA) is 84.6 Å². The molecule has 1 atom stereocenters. The lowest BCUT2D eigenvalue weighted by atomic mass is 10.3. The molecule has 0 saturated carbocycles. The first-order valence-electron chi connectivity index (χ1n) is 4.54. The van der Waals surface area contributed by atoms with Gasteiger partial charge in [0.15, 0.2) is 11.5 Å². The van der Waals surface area contributed by atoms with Crippen LogP contribution in [0.15, 0.2) is 10.6 Å². The summed E-state index contributed by atoms with van der Waals surface area (Å²) >= 11 is 0. The van der Waals surface area contributed by atoms with Gasteiger partial charge in [-0.25, -0.2) is 0 Å². The van der Waals surface area contributed by atoms with Crippen LogP contribution in [0.3, 0.4) is 0 Å². The number of amides is 1. The van der Waals surface area contributed by atoms with Crippen molar-refractivity contribution < 1.29 is 19.2 Å². The summed E-state index contributed by atoms with van der Waals surface area (Å²) in [5.41, 5.74) is 0.183. The zero-order chi connectivity index (χ0) is 11.3. The monoisotopic (exact) mass is 214 g/mol. The molecule has 0 unspecified atom stereocenters. The molecule has 6 heteroatoms. The Hall–Kier alpha value is -1.40. The van der Waals surface area contributed by atoms with Crippen LogP contribution < -0.4 is 5.32 Å². The van der Waals surface area contributed by atoms with Crippen molar-refractivity contribution >= 4 is 5.91 Å². The summed E-state index contributed by atoms with van der Waals surface area (Å²) in [5.74, 6) is 0.113. The van der Waals surface area contributed by atoms with Crippen molar-refractivity contribution in [3.05, 3.63) is 17.5 Å². The summed E-state index contributed by atoms with van der Waals surface area (Å²) in [4.78, 5) is 11.4. The van der Waals surface area contributed by atoms with Gasteiger partial charge in [0.1, 0.15) is 6.61 Å². The predicted molar refractivity (Wildman–Crippen MR) is 51.2 cm³/mol. The summed E-state index contributed by atoms with van der Waals surface area (Å²) < 4.78 is 9.65. The van der Waals surface area contributed by atoms with E-state index in [2.05, 4.69) is 10.5 Å². The predicted octanol–water partition coefficient (Wildman–Crippen LogP) is -0.0684. The Bertz CT molecular complexity index is 322. The molecular weight excluding hydrogens is 200 g/mol. The summed E-state index contributed by atoms with van der Waals surface area (Å²) in [5, 5.41) is 15.0. The van der Waals surface area contributed by atoms with E-state index in [1.165, 1.54) is 13.2 Å². The van der Waals surface area contributed by atoms with Crippen LogP contribution in [0.25, 0.3) is 0 Å². The van der Waals surface area contributed by atoms with Gasteiger partial charge < -0.3 is 19.7 Å². The maximum atomic E-state index is 11.4. The fraction of sp³-hybridized carbons (Fsp3) is 0.556. The first-order valence-corrected chi connectivity index (χ1v) is 4.54. The standard InChI is InChI=1S/C9H14N2O4/c1-6(12)4-10-9(13)8-3-7(5-14-2)15-11-8/h3,6,12H,4-5H2,1-2H3,(H,10,13)/t6-/m1/s1. The second-order valence-electron chi connectivity index (χ2n) is 3.17. The molecular formula is C9H14N2O4. The molecule has 0 aliphatic rings. The number of aliphatic hydroxyl groups is 1. The van der Waals surface area contributed by atoms with Gasteiger partial charge in [0, 0.05) is 19.7 Å². The molecule has 0 fully saturated rings. The minimum absolute atomic E-state index is 0.183. The molecule has 1 rings (SSSR count). The minimum atomic E-state index is -0.584. The third-order valence-electron chi connectivity index (χ3n) is 1.64. The second-order valence-corrected chi connectivity index (χ2v) is 3.17. The highest BCUT2D eigenvalue weighted by Gasteiger charge is 2.12. The van der Waals surface area contributed by atoms with Gasteiger partial charge in [0.05, 0.1) is 6.10 Å². The first kappa shape index (κ1) is 11.7. The molecule has 1 aromatic heterocycles. The summed E-state index contributed by atoms with van der Waals surface area (Å²) in [6.07, 6.45) is -0.584. The first-order chi connectivity index (χ1) is 7.13. The van der Waals surface area contributed by atoms with Crippen molar-refractivity contribution in [1.29, 1.82) is 0 Å². The lowest BCUT2D eigenvalue weighted by Crippen LogP contribution is -2.30. The molecule has 0 aromatic carbocycles. The minimum Gasteiger partial charge on any atom is -0.392 e. The van der Waals surface area contributed by atoms with E-state index in [-0.39, 0.29) is 24.8 Å². The molecule has 15 heavy (non-hydrogen) atoms. The fourth-order valence-electron chi connectivity index (χ4n) is 0.961. The second kappa shape index (κ2) is 5.47. The Morgan fingerprint density at radius 2 is 2.53 bits per heavy atom. The number of rotatable bonds is 5. The van der Waals surface area contributed by atoms with Gasteiger partial charge in [0.25, 0.3) is 5.91 Å². The van der Waals surface area contributed by atoms with Crippen LogP contribution in [0, 0.1) is 0 Å². The van der Waals surface area contributed by atoms with Gasteiger partial charge in [0.2, 0.25) is 0 Å². The molecule has 6 nitrogen and oxygen atoms in total. The van der Waals surface area contributed by atoms with E-state index in [1.807, 2.05) is 0 Å². The van der Waals surface area contributed by atoms with Crippen LogP contribution in [0.5, 0.6) is 0 Å². The Morgan fingerprint density at radius 1 is 1.80 bits per heavy atom. The number of carbonyl (C=O) groups is 1. The highest BCUT2D eigenvalue weighted by atomic mass is 16.5. The average Bonchev–Trinajstić information content (AvgIpc) is 2.63. The maximum absolute atomic E-state index is 11.4. The molecule has 0 bridgehead atoms. The quantitative estimate of drug-likeness (QED) is 0.716. The molecule has 0 aliphatic carbocycles. The lowest BCUT2D eigenvalue weighted by Gasteiger charge is -2.03. The molecule has 0 radical (unpaired) electrons. The SMILES string of the molecule is COCc1cc(C(=O)NC[C@@H](C)O)no1. The third-order valence-corrected chi connectivity index (χ3v) is 1.64. The van der Waals surface area contributed by atoms with Crippen molar-refractivity contribution in [3.8, 4) is 0 Å². The smallest absolute Gasteiger partial charge is 0.273 e. The lowest BCUT2D eigenvalue weighted by molar-refractivity contribution is 0.0914. The van der Waals surface area contributed by atoms with Crippen molar-refractivity contribution in [3.63, 3.8) is 0 Å². The summed E-state index contributed by atoms with van der Waals surface area (Å²) in [6.45, 7) is 2.04. The maximum Gasteiger partial charge on any atom is 0.273 e. The number of nitrogens with zero attached hydrogens (tertiary/aromatic N) is 1. The van der Waals surface area contributed by atoms with Gasteiger partial charge in [-0.1, -0.05) is 5.16 Å². The highest BCUT2D eigenvalue weighted by Crippen LogP contribution is 2.04. The Kier molecular flexibility index (Phi) is 4.26. The van der Waals surface area contributed by atoms with Crippen molar-refractivity contribution in [2.24, 2.45) is 0 Å². The molecule has 0 spiro atoms. The third kappa shape index (κ3) is 3.69. The number of methoxy groups -OCH3 is 1. The van der Waals surface area contributed by atoms with E-state index in [0.717, 1.165) is 0 Å². The molecule has 1 heterocycles. The number of aliphatic hydroxyl groups excluding tert-OH is 1. The molecule has 0 saturated heterocycles. The highest BCUT2D eigenvalue weighted by molar-refractivity contribution is 5.92. The van der Waals surface area contributed by atoms with Gasteiger partial charge >= 0.3 is 0 Å². The van der Waals surface area contributed by atoms with E-state index in [4.69, 9.17) is 14.4 Å². The summed E-state index contributed by atoms with van der Waals surface area (Å²) in [7, 11) is 1.52. The number of aromatic nitrogens is 1. The van der Waals surface area contributed by atoms with E-state index in [1.54, 1.807) is 6.92 Å². The Labute approximate surface area is 87.2 Å². The number of hydrogen-bond acceptors (Lipinski definition) is 5. The van der Waals surface area contributed by atoms with Crippen molar-refractivity contribution in [1.82, 2.24) is 10.5 Å². The van der Waals surface area contributed by atoms with Gasteiger partial charge in [-0.05, 0) is 6.92 Å². The number of ether oxygens (including phenoxy) is 1. The molecule has 2 N–H and O–H groups in total. The largest absolute Gasteiger partial charge is 0.392 e. The van der Waals surface area contributed by atoms with Crippen LogP contribution >= 0.6 is 0 Å². The van der Waals surface area contributed by atoms with Crippen molar-refractivity contribution in [2.75, 3.05) is 13.7 Å². The molecule has 84 valence electrons. The van der Waals surface area contributed by atoms with Gasteiger partial charge in [-0.2, -0.15) is 0 Å². The molecule has 1 amide bonds. The van der Waals surface area contributed by atoms with E-state index < -0.39 is 6.10 Å².